The first-order valence-electron chi connectivity index (χ1n) is 7.85. The van der Waals surface area contributed by atoms with E-state index < -0.39 is 23.4 Å². The maximum absolute atomic E-state index is 11.9. The Kier molecular flexibility index (Phi) is 6.73. The van der Waals surface area contributed by atoms with Crippen LogP contribution in [0.5, 0.6) is 5.75 Å². The van der Waals surface area contributed by atoms with Crippen LogP contribution in [0, 0.1) is 24.0 Å². The number of nitrogens with zero attached hydrogens (tertiary/aromatic N) is 1. The molecule has 0 saturated heterocycles. The highest BCUT2D eigenvalue weighted by Crippen LogP contribution is 2.27. The molecule has 0 radical (unpaired) electrons. The Bertz CT molecular complexity index is 864. The molecule has 2 aromatic rings. The average molecular weight is 393 g/mol. The van der Waals surface area contributed by atoms with Gasteiger partial charge in [-0.2, -0.15) is 0 Å². The van der Waals surface area contributed by atoms with Gasteiger partial charge in [0.2, 0.25) is 0 Å². The number of nitro benzene ring substituents is 1. The van der Waals surface area contributed by atoms with Gasteiger partial charge in [0.15, 0.2) is 13.2 Å². The molecule has 0 aromatic heterocycles. The van der Waals surface area contributed by atoms with Crippen LogP contribution in [0.4, 0.5) is 11.4 Å². The zero-order valence-electron chi connectivity index (χ0n) is 14.7. The summed E-state index contributed by atoms with van der Waals surface area (Å²) in [5, 5.41) is 13.5. The number of nitrogens with one attached hydrogen (secondary N) is 1. The van der Waals surface area contributed by atoms with Crippen molar-refractivity contribution in [3.63, 3.8) is 0 Å². The average Bonchev–Trinajstić information content (AvgIpc) is 2.57. The molecule has 0 saturated carbocycles. The molecule has 0 aliphatic heterocycles. The van der Waals surface area contributed by atoms with Crippen molar-refractivity contribution in [2.45, 2.75) is 13.8 Å². The molecule has 0 aliphatic rings. The molecule has 0 spiro atoms. The number of esters is 1. The van der Waals surface area contributed by atoms with Gasteiger partial charge in [-0.25, -0.2) is 4.79 Å². The molecule has 2 rings (SSSR count). The highest BCUT2D eigenvalue weighted by Gasteiger charge is 2.17. The van der Waals surface area contributed by atoms with Crippen molar-refractivity contribution in [1.82, 2.24) is 0 Å². The van der Waals surface area contributed by atoms with Gasteiger partial charge in [-0.05, 0) is 49.2 Å². The van der Waals surface area contributed by atoms with Crippen molar-refractivity contribution >= 4 is 34.9 Å². The number of carbonyl (C=O) groups excluding carboxylic acids is 2. The summed E-state index contributed by atoms with van der Waals surface area (Å²) >= 11 is 5.78. The van der Waals surface area contributed by atoms with Crippen LogP contribution < -0.4 is 10.1 Å². The van der Waals surface area contributed by atoms with E-state index in [9.17, 15) is 19.7 Å². The fraction of sp³-hybridized carbons (Fsp3) is 0.222. The van der Waals surface area contributed by atoms with Crippen molar-refractivity contribution in [1.29, 1.82) is 0 Å². The largest absolute Gasteiger partial charge is 0.482 e. The Labute approximate surface area is 160 Å². The summed E-state index contributed by atoms with van der Waals surface area (Å²) < 4.78 is 10.1. The monoisotopic (exact) mass is 392 g/mol. The molecule has 0 aliphatic carbocycles. The lowest BCUT2D eigenvalue weighted by atomic mass is 10.1. The van der Waals surface area contributed by atoms with Crippen molar-refractivity contribution in [2.24, 2.45) is 0 Å². The highest BCUT2D eigenvalue weighted by molar-refractivity contribution is 6.31. The Balaban J connectivity index is 1.86. The second-order valence-electron chi connectivity index (χ2n) is 5.74. The van der Waals surface area contributed by atoms with E-state index in [4.69, 9.17) is 21.1 Å². The molecule has 8 nitrogen and oxygen atoms in total. The molecular weight excluding hydrogens is 376 g/mol. The molecule has 1 N–H and O–H groups in total. The minimum absolute atomic E-state index is 0.0833. The molecule has 2 aromatic carbocycles. The number of carbonyl (C=O) groups is 2. The van der Waals surface area contributed by atoms with Gasteiger partial charge in [-0.3, -0.25) is 14.9 Å². The van der Waals surface area contributed by atoms with Crippen LogP contribution in [0.1, 0.15) is 11.1 Å². The van der Waals surface area contributed by atoms with Gasteiger partial charge >= 0.3 is 5.97 Å². The van der Waals surface area contributed by atoms with Crippen molar-refractivity contribution in [3.05, 3.63) is 62.7 Å². The predicted octanol–water partition coefficient (Wildman–Crippen LogP) is 3.43. The summed E-state index contributed by atoms with van der Waals surface area (Å²) in [6, 6.07) is 9.24. The topological polar surface area (TPSA) is 108 Å². The number of nitro groups is 1. The molecule has 0 heterocycles. The highest BCUT2D eigenvalue weighted by atomic mass is 35.5. The predicted molar refractivity (Wildman–Crippen MR) is 99.1 cm³/mol. The van der Waals surface area contributed by atoms with E-state index in [2.05, 4.69) is 5.32 Å². The summed E-state index contributed by atoms with van der Waals surface area (Å²) in [6.07, 6.45) is 0. The SMILES string of the molecule is Cc1cc(C)cc(OCC(=O)OCC(=O)Nc2cc(Cl)ccc2[N+](=O)[O-])c1. The fourth-order valence-electron chi connectivity index (χ4n) is 2.30. The molecule has 142 valence electrons. The number of hydrogen-bond donors (Lipinski definition) is 1. The van der Waals surface area contributed by atoms with Gasteiger partial charge in [0.05, 0.1) is 4.92 Å². The number of ether oxygens (including phenoxy) is 2. The zero-order valence-corrected chi connectivity index (χ0v) is 15.4. The lowest BCUT2D eigenvalue weighted by Gasteiger charge is -2.09. The van der Waals surface area contributed by atoms with E-state index in [-0.39, 0.29) is 23.0 Å². The second kappa shape index (κ2) is 9.00. The van der Waals surface area contributed by atoms with E-state index in [1.165, 1.54) is 18.2 Å². The Morgan fingerprint density at radius 1 is 1.11 bits per heavy atom. The van der Waals surface area contributed by atoms with Crippen LogP contribution in [0.2, 0.25) is 5.02 Å². The van der Waals surface area contributed by atoms with Crippen molar-refractivity contribution in [2.75, 3.05) is 18.5 Å². The Morgan fingerprint density at radius 3 is 2.41 bits per heavy atom. The summed E-state index contributed by atoms with van der Waals surface area (Å²) in [5.41, 5.74) is 1.57. The van der Waals surface area contributed by atoms with Crippen molar-refractivity contribution in [3.8, 4) is 5.75 Å². The first kappa shape index (κ1) is 20.2. The summed E-state index contributed by atoms with van der Waals surface area (Å²) in [7, 11) is 0. The minimum Gasteiger partial charge on any atom is -0.482 e. The number of benzene rings is 2. The standard InChI is InChI=1S/C18H17ClN2O6/c1-11-5-12(2)7-14(6-11)26-10-18(23)27-9-17(22)20-15-8-13(19)3-4-16(15)21(24)25/h3-8H,9-10H2,1-2H3,(H,20,22). The van der Waals surface area contributed by atoms with E-state index >= 15 is 0 Å². The first-order chi connectivity index (χ1) is 12.7. The van der Waals surface area contributed by atoms with E-state index in [1.807, 2.05) is 19.9 Å². The van der Waals surface area contributed by atoms with Gasteiger partial charge in [0, 0.05) is 11.1 Å². The van der Waals surface area contributed by atoms with Gasteiger partial charge in [-0.1, -0.05) is 17.7 Å². The third-order valence-electron chi connectivity index (χ3n) is 3.35. The zero-order chi connectivity index (χ0) is 20.0. The van der Waals surface area contributed by atoms with Gasteiger partial charge < -0.3 is 14.8 Å². The molecule has 0 atom stereocenters. The smallest absolute Gasteiger partial charge is 0.344 e. The lowest BCUT2D eigenvalue weighted by Crippen LogP contribution is -2.24. The quantitative estimate of drug-likeness (QED) is 0.439. The minimum atomic E-state index is -0.745. The van der Waals surface area contributed by atoms with Gasteiger partial charge in [-0.15, -0.1) is 0 Å². The number of rotatable bonds is 7. The van der Waals surface area contributed by atoms with Crippen LogP contribution in [0.25, 0.3) is 0 Å². The van der Waals surface area contributed by atoms with Crippen LogP contribution >= 0.6 is 11.6 Å². The maximum atomic E-state index is 11.9. The lowest BCUT2D eigenvalue weighted by molar-refractivity contribution is -0.383. The number of hydrogen-bond acceptors (Lipinski definition) is 6. The van der Waals surface area contributed by atoms with E-state index in [0.29, 0.717) is 5.75 Å². The number of amides is 1. The summed E-state index contributed by atoms with van der Waals surface area (Å²) in [4.78, 5) is 33.9. The fourth-order valence-corrected chi connectivity index (χ4v) is 2.47. The Hall–Kier alpha value is -3.13. The third-order valence-corrected chi connectivity index (χ3v) is 3.58. The van der Waals surface area contributed by atoms with Crippen LogP contribution in [-0.4, -0.2) is 30.0 Å². The summed E-state index contributed by atoms with van der Waals surface area (Å²) in [5.74, 6) is -0.964. The number of anilines is 1. The molecule has 0 unspecified atom stereocenters. The first-order valence-corrected chi connectivity index (χ1v) is 8.23. The third kappa shape index (κ3) is 6.27. The van der Waals surface area contributed by atoms with Crippen LogP contribution in [0.15, 0.2) is 36.4 Å². The molecule has 9 heteroatoms. The Morgan fingerprint density at radius 2 is 1.78 bits per heavy atom. The van der Waals surface area contributed by atoms with E-state index in [0.717, 1.165) is 11.1 Å². The van der Waals surface area contributed by atoms with Crippen LogP contribution in [-0.2, 0) is 14.3 Å². The molecular formula is C18H17ClN2O6. The molecule has 0 fully saturated rings. The molecule has 27 heavy (non-hydrogen) atoms. The molecule has 0 bridgehead atoms. The van der Waals surface area contributed by atoms with E-state index in [1.54, 1.807) is 12.1 Å². The number of aryl methyl sites for hydroxylation is 2. The van der Waals surface area contributed by atoms with Gasteiger partial charge in [0.1, 0.15) is 11.4 Å². The van der Waals surface area contributed by atoms with Crippen molar-refractivity contribution < 1.29 is 24.0 Å². The van der Waals surface area contributed by atoms with Gasteiger partial charge in [0.25, 0.3) is 11.6 Å². The maximum Gasteiger partial charge on any atom is 0.344 e. The second-order valence-corrected chi connectivity index (χ2v) is 6.18. The normalized spacial score (nSPS) is 10.2. The number of halogens is 1. The van der Waals surface area contributed by atoms with Crippen LogP contribution in [0.3, 0.4) is 0 Å². The molecule has 1 amide bonds. The summed E-state index contributed by atoms with van der Waals surface area (Å²) in [6.45, 7) is 2.82.